The van der Waals surface area contributed by atoms with Gasteiger partial charge < -0.3 is 10.1 Å². The minimum atomic E-state index is -0.125. The fourth-order valence-corrected chi connectivity index (χ4v) is 2.55. The summed E-state index contributed by atoms with van der Waals surface area (Å²) in [5, 5.41) is 10.8. The predicted octanol–water partition coefficient (Wildman–Crippen LogP) is 5.35. The van der Waals surface area contributed by atoms with Crippen molar-refractivity contribution in [1.82, 2.24) is 4.98 Å². The number of fused-ring (bicyclic) bond motifs is 1. The average Bonchev–Trinajstić information content (AvgIpc) is 2.54. The summed E-state index contributed by atoms with van der Waals surface area (Å²) in [5.74, 6) is -0.0625. The third-order valence-corrected chi connectivity index (χ3v) is 3.64. The Kier molecular flexibility index (Phi) is 8.37. The number of hydrogen-bond acceptors (Lipinski definition) is 3. The molecule has 3 rings (SSSR count). The van der Waals surface area contributed by atoms with E-state index in [1.165, 1.54) is 41.8 Å². The van der Waals surface area contributed by atoms with Crippen molar-refractivity contribution >= 4 is 16.6 Å². The third-order valence-electron chi connectivity index (χ3n) is 3.64. The van der Waals surface area contributed by atoms with Gasteiger partial charge in [0.15, 0.2) is 5.78 Å². The number of rotatable bonds is 2. The van der Waals surface area contributed by atoms with Crippen molar-refractivity contribution in [3.05, 3.63) is 77.7 Å². The van der Waals surface area contributed by atoms with Gasteiger partial charge in [0, 0.05) is 32.4 Å². The number of carbonyl (C=O) groups excluding carboxylic acids is 1. The molecule has 0 saturated heterocycles. The van der Waals surface area contributed by atoms with Gasteiger partial charge in [-0.05, 0) is 43.3 Å². The van der Waals surface area contributed by atoms with E-state index in [1.54, 1.807) is 0 Å². The molecule has 0 aliphatic rings. The minimum Gasteiger partial charge on any atom is -0.512 e. The molecule has 0 atom stereocenters. The van der Waals surface area contributed by atoms with Crippen LogP contribution in [0.1, 0.15) is 25.0 Å². The molecule has 0 bridgehead atoms. The molecule has 0 unspecified atom stereocenters. The van der Waals surface area contributed by atoms with Gasteiger partial charge >= 0.3 is 0 Å². The Morgan fingerprint density at radius 2 is 1.88 bits per heavy atom. The summed E-state index contributed by atoms with van der Waals surface area (Å²) >= 11 is 0. The first-order valence-corrected chi connectivity index (χ1v) is 8.09. The number of aromatic nitrogens is 1. The Morgan fingerprint density at radius 1 is 1.15 bits per heavy atom. The van der Waals surface area contributed by atoms with Crippen molar-refractivity contribution in [2.75, 3.05) is 0 Å². The Balaban J connectivity index is 0.000000366. The first kappa shape index (κ1) is 21.8. The molecule has 1 aromatic heterocycles. The van der Waals surface area contributed by atoms with Crippen LogP contribution in [-0.2, 0) is 24.9 Å². The number of pyridine rings is 1. The Morgan fingerprint density at radius 3 is 2.46 bits per heavy atom. The van der Waals surface area contributed by atoms with Gasteiger partial charge in [-0.15, -0.1) is 35.4 Å². The molecule has 0 aliphatic carbocycles. The molecule has 2 aromatic carbocycles. The van der Waals surface area contributed by atoms with Crippen LogP contribution in [0.2, 0.25) is 0 Å². The van der Waals surface area contributed by atoms with E-state index < -0.39 is 0 Å². The van der Waals surface area contributed by atoms with E-state index in [9.17, 15) is 4.79 Å². The van der Waals surface area contributed by atoms with E-state index in [0.717, 1.165) is 11.3 Å². The largest absolute Gasteiger partial charge is 0.512 e. The second kappa shape index (κ2) is 10.0. The van der Waals surface area contributed by atoms with Crippen LogP contribution in [0.15, 0.2) is 60.5 Å². The number of hydrogen-bond donors (Lipinski definition) is 1. The summed E-state index contributed by atoms with van der Waals surface area (Å²) in [7, 11) is 0. The Hall–Kier alpha value is -2.29. The monoisotopic (exact) mass is 525 g/mol. The van der Waals surface area contributed by atoms with E-state index in [0.29, 0.717) is 0 Å². The van der Waals surface area contributed by atoms with Gasteiger partial charge in [0.1, 0.15) is 0 Å². The van der Waals surface area contributed by atoms with Gasteiger partial charge in [0.2, 0.25) is 0 Å². The van der Waals surface area contributed by atoms with Crippen LogP contribution in [0.3, 0.4) is 0 Å². The number of nitrogens with zero attached hydrogens (tertiary/aromatic N) is 1. The zero-order valence-electron chi connectivity index (χ0n) is 15.3. The predicted molar refractivity (Wildman–Crippen MR) is 103 cm³/mol. The van der Waals surface area contributed by atoms with E-state index in [-0.39, 0.29) is 31.6 Å². The van der Waals surface area contributed by atoms with Crippen LogP contribution in [0, 0.1) is 19.9 Å². The zero-order valence-corrected chi connectivity index (χ0v) is 17.7. The van der Waals surface area contributed by atoms with E-state index in [2.05, 4.69) is 55.2 Å². The molecule has 0 aliphatic heterocycles. The molecule has 137 valence electrons. The van der Waals surface area contributed by atoms with Crippen LogP contribution in [0.4, 0.5) is 0 Å². The summed E-state index contributed by atoms with van der Waals surface area (Å²) < 4.78 is 0. The fourth-order valence-electron chi connectivity index (χ4n) is 2.55. The normalized spacial score (nSPS) is 10.5. The summed E-state index contributed by atoms with van der Waals surface area (Å²) in [6.07, 6.45) is 3.03. The fraction of sp³-hybridized carbons (Fsp3) is 0.182. The van der Waals surface area contributed by atoms with Crippen molar-refractivity contribution in [2.24, 2.45) is 0 Å². The van der Waals surface area contributed by atoms with Gasteiger partial charge in [-0.25, -0.2) is 0 Å². The van der Waals surface area contributed by atoms with Crippen molar-refractivity contribution in [3.8, 4) is 11.3 Å². The molecule has 0 spiro atoms. The maximum atomic E-state index is 10.0. The molecular weight excluding hydrogens is 502 g/mol. The van der Waals surface area contributed by atoms with E-state index >= 15 is 0 Å². The minimum absolute atomic E-state index is 0. The van der Waals surface area contributed by atoms with Crippen LogP contribution in [0.25, 0.3) is 22.0 Å². The van der Waals surface area contributed by atoms with Crippen LogP contribution in [-0.4, -0.2) is 15.9 Å². The number of benzene rings is 2. The van der Waals surface area contributed by atoms with Crippen molar-refractivity contribution in [1.29, 1.82) is 0 Å². The summed E-state index contributed by atoms with van der Waals surface area (Å²) in [6, 6.07) is 17.9. The number of aryl methyl sites for hydroxylation is 2. The molecule has 3 nitrogen and oxygen atoms in total. The smallest absolute Gasteiger partial charge is 0.155 e. The molecule has 1 N–H and O–H groups in total. The Labute approximate surface area is 168 Å². The summed E-state index contributed by atoms with van der Waals surface area (Å²) in [4.78, 5) is 14.6. The first-order valence-electron chi connectivity index (χ1n) is 8.09. The van der Waals surface area contributed by atoms with Gasteiger partial charge in [-0.1, -0.05) is 30.7 Å². The maximum absolute atomic E-state index is 10.0. The molecule has 0 saturated carbocycles. The average molecular weight is 525 g/mol. The van der Waals surface area contributed by atoms with Crippen molar-refractivity contribution in [3.63, 3.8) is 0 Å². The quantitative estimate of drug-likeness (QED) is 0.279. The number of ketones is 1. The molecule has 1 heterocycles. The zero-order chi connectivity index (χ0) is 18.4. The van der Waals surface area contributed by atoms with E-state index in [4.69, 9.17) is 5.11 Å². The molecule has 26 heavy (non-hydrogen) atoms. The number of allylic oxidation sites excluding steroid dienone is 2. The molecule has 1 radical (unpaired) electrons. The maximum Gasteiger partial charge on any atom is 0.155 e. The second-order valence-corrected chi connectivity index (χ2v) is 6.01. The van der Waals surface area contributed by atoms with Crippen LogP contribution in [0.5, 0.6) is 0 Å². The van der Waals surface area contributed by atoms with Gasteiger partial charge in [0.25, 0.3) is 0 Å². The second-order valence-electron chi connectivity index (χ2n) is 6.01. The standard InChI is InChI=1S/C17H14N.C5H8O2.Ir/c1-12-7-8-14-9-10-18-17(16(14)11-12)15-6-4-3-5-13(15)2;1-4(6)3-5(2)7;/h3-5,7-11H,1-2H3;3,6H,1-2H3;/q-1;;/b;4-3-;. The van der Waals surface area contributed by atoms with Gasteiger partial charge in [-0.2, -0.15) is 0 Å². The van der Waals surface area contributed by atoms with Crippen molar-refractivity contribution < 1.29 is 30.0 Å². The summed E-state index contributed by atoms with van der Waals surface area (Å²) in [6.45, 7) is 7.06. The molecular formula is C22H22IrNO2-. The number of aliphatic hydroxyl groups is 1. The molecule has 4 heteroatoms. The van der Waals surface area contributed by atoms with Crippen molar-refractivity contribution in [2.45, 2.75) is 27.7 Å². The van der Waals surface area contributed by atoms with Crippen LogP contribution < -0.4 is 0 Å². The Bertz CT molecular complexity index is 928. The van der Waals surface area contributed by atoms with Gasteiger partial charge in [-0.3, -0.25) is 4.79 Å². The first-order chi connectivity index (χ1) is 11.9. The van der Waals surface area contributed by atoms with Gasteiger partial charge in [0.05, 0.1) is 5.76 Å². The summed E-state index contributed by atoms with van der Waals surface area (Å²) in [5.41, 5.74) is 4.58. The molecule has 3 aromatic rings. The molecule has 0 amide bonds. The topological polar surface area (TPSA) is 50.2 Å². The van der Waals surface area contributed by atoms with Crippen LogP contribution >= 0.6 is 0 Å². The molecule has 0 fully saturated rings. The third kappa shape index (κ3) is 5.90. The van der Waals surface area contributed by atoms with E-state index in [1.807, 2.05) is 18.3 Å². The number of aliphatic hydroxyl groups excluding tert-OH is 1. The number of carbonyl (C=O) groups is 1. The SMILES string of the molecule is CC(=O)/C=C(/C)O.Cc1ccc2ccnc(-c3[c-]cccc3C)c2c1.[Ir].